The summed E-state index contributed by atoms with van der Waals surface area (Å²) in [6, 6.07) is 21.0. The number of nitrogens with one attached hydrogen (secondary N) is 1. The van der Waals surface area contributed by atoms with Crippen LogP contribution in [0.4, 0.5) is 5.69 Å². The van der Waals surface area contributed by atoms with E-state index in [0.29, 0.717) is 12.1 Å². The van der Waals surface area contributed by atoms with Gasteiger partial charge in [0.1, 0.15) is 12.6 Å². The highest BCUT2D eigenvalue weighted by Gasteiger charge is 2.33. The molecule has 0 aliphatic carbocycles. The van der Waals surface area contributed by atoms with Crippen LogP contribution in [0.2, 0.25) is 0 Å². The minimum absolute atomic E-state index is 0.0469. The van der Waals surface area contributed by atoms with Crippen molar-refractivity contribution < 1.29 is 18.0 Å². The fourth-order valence-corrected chi connectivity index (χ4v) is 5.85. The van der Waals surface area contributed by atoms with Gasteiger partial charge in [-0.1, -0.05) is 67.1 Å². The third-order valence-corrected chi connectivity index (χ3v) is 8.95. The lowest BCUT2D eigenvalue weighted by molar-refractivity contribution is -0.139. The fraction of sp³-hybridized carbons (Fsp3) is 0.375. The number of aryl methyl sites for hydroxylation is 3. The normalized spacial score (nSPS) is 12.8. The molecule has 0 fully saturated rings. The maximum Gasteiger partial charge on any atom is 0.264 e. The lowest BCUT2D eigenvalue weighted by Crippen LogP contribution is -2.53. The number of amides is 2. The SMILES string of the molecule is CC[C@@H](C)NC(=O)[C@@H](C)N(CCc1ccccc1)C(=O)CN(c1cc(C)ccc1C)S(=O)(=O)c1ccc(C)cc1. The maximum absolute atomic E-state index is 14.0. The van der Waals surface area contributed by atoms with Gasteiger partial charge in [0.25, 0.3) is 10.0 Å². The summed E-state index contributed by atoms with van der Waals surface area (Å²) in [6.07, 6.45) is 1.29. The van der Waals surface area contributed by atoms with E-state index < -0.39 is 28.5 Å². The number of rotatable bonds is 12. The van der Waals surface area contributed by atoms with Crippen molar-refractivity contribution in [2.75, 3.05) is 17.4 Å². The molecule has 3 aromatic carbocycles. The summed E-state index contributed by atoms with van der Waals surface area (Å²) < 4.78 is 29.2. The largest absolute Gasteiger partial charge is 0.352 e. The molecule has 40 heavy (non-hydrogen) atoms. The summed E-state index contributed by atoms with van der Waals surface area (Å²) in [7, 11) is -4.09. The Bertz CT molecular complexity index is 1410. The average molecular weight is 564 g/mol. The van der Waals surface area contributed by atoms with Crippen molar-refractivity contribution in [3.63, 3.8) is 0 Å². The number of sulfonamides is 1. The Morgan fingerprint density at radius 1 is 0.875 bits per heavy atom. The average Bonchev–Trinajstić information content (AvgIpc) is 2.93. The Morgan fingerprint density at radius 2 is 1.50 bits per heavy atom. The van der Waals surface area contributed by atoms with Crippen molar-refractivity contribution in [1.29, 1.82) is 0 Å². The van der Waals surface area contributed by atoms with Gasteiger partial charge in [-0.25, -0.2) is 8.42 Å². The van der Waals surface area contributed by atoms with Crippen LogP contribution < -0.4 is 9.62 Å². The Morgan fingerprint density at radius 3 is 2.12 bits per heavy atom. The molecule has 0 heterocycles. The molecule has 7 nitrogen and oxygen atoms in total. The zero-order valence-electron chi connectivity index (χ0n) is 24.3. The summed E-state index contributed by atoms with van der Waals surface area (Å²) in [5.74, 6) is -0.713. The molecule has 0 bridgehead atoms. The molecule has 3 rings (SSSR count). The van der Waals surface area contributed by atoms with E-state index in [1.54, 1.807) is 37.3 Å². The smallest absolute Gasteiger partial charge is 0.264 e. The van der Waals surface area contributed by atoms with Crippen molar-refractivity contribution >= 4 is 27.5 Å². The molecule has 0 saturated carbocycles. The Labute approximate surface area is 239 Å². The highest BCUT2D eigenvalue weighted by molar-refractivity contribution is 7.92. The fourth-order valence-electron chi connectivity index (χ4n) is 4.37. The van der Waals surface area contributed by atoms with Crippen molar-refractivity contribution in [1.82, 2.24) is 10.2 Å². The second-order valence-corrected chi connectivity index (χ2v) is 12.3. The van der Waals surface area contributed by atoms with Crippen LogP contribution in [0.5, 0.6) is 0 Å². The molecule has 0 aromatic heterocycles. The van der Waals surface area contributed by atoms with Crippen LogP contribution in [0.15, 0.2) is 77.7 Å². The van der Waals surface area contributed by atoms with Crippen molar-refractivity contribution in [3.8, 4) is 0 Å². The van der Waals surface area contributed by atoms with E-state index in [4.69, 9.17) is 0 Å². The first-order valence-electron chi connectivity index (χ1n) is 13.7. The number of nitrogens with zero attached hydrogens (tertiary/aromatic N) is 2. The zero-order valence-corrected chi connectivity index (χ0v) is 25.2. The van der Waals surface area contributed by atoms with E-state index in [1.165, 1.54) is 9.21 Å². The molecule has 0 aliphatic rings. The lowest BCUT2D eigenvalue weighted by Gasteiger charge is -2.33. The minimum atomic E-state index is -4.09. The molecule has 8 heteroatoms. The van der Waals surface area contributed by atoms with E-state index in [1.807, 2.05) is 77.1 Å². The van der Waals surface area contributed by atoms with Crippen LogP contribution in [0.1, 0.15) is 49.4 Å². The number of hydrogen-bond donors (Lipinski definition) is 1. The lowest BCUT2D eigenvalue weighted by atomic mass is 10.1. The van der Waals surface area contributed by atoms with Crippen molar-refractivity contribution in [3.05, 3.63) is 95.1 Å². The molecule has 0 unspecified atom stereocenters. The molecule has 2 atom stereocenters. The number of benzene rings is 3. The topological polar surface area (TPSA) is 86.8 Å². The Hall–Kier alpha value is -3.65. The third kappa shape index (κ3) is 7.72. The van der Waals surface area contributed by atoms with E-state index in [9.17, 15) is 18.0 Å². The first-order valence-corrected chi connectivity index (χ1v) is 15.2. The van der Waals surface area contributed by atoms with Gasteiger partial charge >= 0.3 is 0 Å². The van der Waals surface area contributed by atoms with Gasteiger partial charge in [-0.2, -0.15) is 0 Å². The maximum atomic E-state index is 14.0. The van der Waals surface area contributed by atoms with E-state index in [-0.39, 0.29) is 23.4 Å². The monoisotopic (exact) mass is 563 g/mol. The number of anilines is 1. The molecule has 1 N–H and O–H groups in total. The standard InChI is InChI=1S/C32H41N3O4S/c1-7-26(5)33-32(37)27(6)34(20-19-28-11-9-8-10-12-28)31(36)22-35(30-21-24(3)13-16-25(30)4)40(38,39)29-17-14-23(2)15-18-29/h8-18,21,26-27H,7,19-20,22H2,1-6H3,(H,33,37)/t26-,27-/m1/s1. The van der Waals surface area contributed by atoms with Crippen LogP contribution in [0.25, 0.3) is 0 Å². The number of carbonyl (C=O) groups is 2. The van der Waals surface area contributed by atoms with Crippen LogP contribution >= 0.6 is 0 Å². The second-order valence-electron chi connectivity index (χ2n) is 10.4. The van der Waals surface area contributed by atoms with Gasteiger partial charge in [-0.05, 0) is 82.3 Å². The van der Waals surface area contributed by atoms with Gasteiger partial charge in [-0.3, -0.25) is 13.9 Å². The second kappa shape index (κ2) is 13.6. The minimum Gasteiger partial charge on any atom is -0.352 e. The molecule has 0 aliphatic heterocycles. The molecular formula is C32H41N3O4S. The Kier molecular flexibility index (Phi) is 10.5. The molecule has 0 saturated heterocycles. The summed E-state index contributed by atoms with van der Waals surface area (Å²) in [4.78, 5) is 28.8. The summed E-state index contributed by atoms with van der Waals surface area (Å²) >= 11 is 0. The molecular weight excluding hydrogens is 522 g/mol. The molecule has 0 spiro atoms. The molecule has 3 aromatic rings. The number of carbonyl (C=O) groups excluding carboxylic acids is 2. The van der Waals surface area contributed by atoms with E-state index in [0.717, 1.165) is 28.7 Å². The van der Waals surface area contributed by atoms with Crippen molar-refractivity contribution in [2.24, 2.45) is 0 Å². The summed E-state index contributed by atoms with van der Waals surface area (Å²) in [5, 5.41) is 2.96. The molecule has 2 amide bonds. The van der Waals surface area contributed by atoms with E-state index in [2.05, 4.69) is 5.32 Å². The van der Waals surface area contributed by atoms with Gasteiger partial charge in [0.15, 0.2) is 0 Å². The summed E-state index contributed by atoms with van der Waals surface area (Å²) in [6.45, 7) is 11.0. The van der Waals surface area contributed by atoms with Gasteiger partial charge in [0.2, 0.25) is 11.8 Å². The third-order valence-electron chi connectivity index (χ3n) is 7.17. The van der Waals surface area contributed by atoms with Gasteiger partial charge in [0, 0.05) is 12.6 Å². The van der Waals surface area contributed by atoms with Crippen LogP contribution in [-0.2, 0) is 26.0 Å². The predicted molar refractivity (Wildman–Crippen MR) is 161 cm³/mol. The quantitative estimate of drug-likeness (QED) is 0.329. The Balaban J connectivity index is 2.01. The van der Waals surface area contributed by atoms with Gasteiger partial charge in [0.05, 0.1) is 10.6 Å². The highest BCUT2D eigenvalue weighted by Crippen LogP contribution is 2.28. The first-order chi connectivity index (χ1) is 18.9. The van der Waals surface area contributed by atoms with Crippen LogP contribution in [0, 0.1) is 20.8 Å². The van der Waals surface area contributed by atoms with Crippen molar-refractivity contribution in [2.45, 2.75) is 71.4 Å². The molecule has 214 valence electrons. The summed E-state index contributed by atoms with van der Waals surface area (Å²) in [5.41, 5.74) is 4.00. The number of hydrogen-bond acceptors (Lipinski definition) is 4. The van der Waals surface area contributed by atoms with Crippen LogP contribution in [-0.4, -0.2) is 50.3 Å². The zero-order chi connectivity index (χ0) is 29.4. The van der Waals surface area contributed by atoms with Crippen LogP contribution in [0.3, 0.4) is 0 Å². The predicted octanol–water partition coefficient (Wildman–Crippen LogP) is 5.18. The van der Waals surface area contributed by atoms with E-state index >= 15 is 0 Å². The van der Waals surface area contributed by atoms with Gasteiger partial charge < -0.3 is 10.2 Å². The first kappa shape index (κ1) is 30.9. The molecule has 0 radical (unpaired) electrons. The van der Waals surface area contributed by atoms with Gasteiger partial charge in [-0.15, -0.1) is 0 Å². The highest BCUT2D eigenvalue weighted by atomic mass is 32.2.